The van der Waals surface area contributed by atoms with Crippen molar-refractivity contribution in [2.24, 2.45) is 5.41 Å². The van der Waals surface area contributed by atoms with Crippen LogP contribution in [0.25, 0.3) is 0 Å². The van der Waals surface area contributed by atoms with Crippen LogP contribution in [0.1, 0.15) is 13.8 Å². The molecule has 16 heavy (non-hydrogen) atoms. The highest BCUT2D eigenvalue weighted by atomic mass is 16.5. The number of aliphatic hydroxyl groups is 1. The van der Waals surface area contributed by atoms with E-state index >= 15 is 0 Å². The maximum atomic E-state index is 9.08. The molecule has 0 saturated heterocycles. The number of hydrogen-bond acceptors (Lipinski definition) is 7. The fraction of sp³-hybridized carbons (Fsp3) is 0.667. The van der Waals surface area contributed by atoms with Crippen LogP contribution in [0.3, 0.4) is 0 Å². The van der Waals surface area contributed by atoms with E-state index in [0.717, 1.165) is 0 Å². The van der Waals surface area contributed by atoms with Gasteiger partial charge in [-0.15, -0.1) is 0 Å². The summed E-state index contributed by atoms with van der Waals surface area (Å²) in [5, 5.41) is 12.1. The SMILES string of the molecule is COc1nc(N)nc(NCC(C)(C)CO)n1. The van der Waals surface area contributed by atoms with E-state index < -0.39 is 0 Å². The number of hydrogen-bond donors (Lipinski definition) is 3. The Balaban J connectivity index is 2.70. The third-order valence-corrected chi connectivity index (χ3v) is 1.97. The average Bonchev–Trinajstić information content (AvgIpc) is 2.26. The minimum Gasteiger partial charge on any atom is -0.467 e. The van der Waals surface area contributed by atoms with Gasteiger partial charge < -0.3 is 20.9 Å². The van der Waals surface area contributed by atoms with Gasteiger partial charge in [0.25, 0.3) is 0 Å². The Morgan fingerprint density at radius 3 is 2.62 bits per heavy atom. The molecule has 0 atom stereocenters. The zero-order chi connectivity index (χ0) is 12.2. The lowest BCUT2D eigenvalue weighted by atomic mass is 9.95. The zero-order valence-corrected chi connectivity index (χ0v) is 9.69. The van der Waals surface area contributed by atoms with Gasteiger partial charge in [-0.1, -0.05) is 13.8 Å². The molecule has 1 heterocycles. The van der Waals surface area contributed by atoms with Crippen LogP contribution in [0, 0.1) is 5.41 Å². The van der Waals surface area contributed by atoms with Gasteiger partial charge in [0.1, 0.15) is 0 Å². The second kappa shape index (κ2) is 4.93. The Bertz CT molecular complexity index is 356. The molecule has 1 rings (SSSR count). The molecule has 0 amide bonds. The number of nitrogens with zero attached hydrogens (tertiary/aromatic N) is 3. The van der Waals surface area contributed by atoms with E-state index in [9.17, 15) is 0 Å². The highest BCUT2D eigenvalue weighted by Gasteiger charge is 2.17. The Hall–Kier alpha value is -1.63. The molecule has 7 heteroatoms. The van der Waals surface area contributed by atoms with Gasteiger partial charge in [-0.05, 0) is 0 Å². The maximum absolute atomic E-state index is 9.08. The molecule has 0 fully saturated rings. The standard InChI is InChI=1S/C9H17N5O2/c1-9(2,5-15)4-11-7-12-6(10)13-8(14-7)16-3/h15H,4-5H2,1-3H3,(H3,10,11,12,13,14). The van der Waals surface area contributed by atoms with E-state index in [4.69, 9.17) is 15.6 Å². The number of nitrogens with one attached hydrogen (secondary N) is 1. The average molecular weight is 227 g/mol. The third kappa shape index (κ3) is 3.50. The summed E-state index contributed by atoms with van der Waals surface area (Å²) in [7, 11) is 1.45. The van der Waals surface area contributed by atoms with E-state index in [2.05, 4.69) is 20.3 Å². The lowest BCUT2D eigenvalue weighted by Gasteiger charge is -2.21. The van der Waals surface area contributed by atoms with Gasteiger partial charge in [0.05, 0.1) is 7.11 Å². The van der Waals surface area contributed by atoms with E-state index in [1.807, 2.05) is 13.8 Å². The molecule has 4 N–H and O–H groups in total. The normalized spacial score (nSPS) is 11.2. The molecular formula is C9H17N5O2. The lowest BCUT2D eigenvalue weighted by Crippen LogP contribution is -2.27. The summed E-state index contributed by atoms with van der Waals surface area (Å²) in [5.74, 6) is 0.432. The fourth-order valence-electron chi connectivity index (χ4n) is 0.917. The summed E-state index contributed by atoms with van der Waals surface area (Å²) in [4.78, 5) is 11.6. The van der Waals surface area contributed by atoms with Crippen molar-refractivity contribution >= 4 is 11.9 Å². The van der Waals surface area contributed by atoms with Crippen molar-refractivity contribution < 1.29 is 9.84 Å². The first kappa shape index (κ1) is 12.4. The van der Waals surface area contributed by atoms with Crippen molar-refractivity contribution in [3.63, 3.8) is 0 Å². The minimum absolute atomic E-state index is 0.0672. The van der Waals surface area contributed by atoms with Gasteiger partial charge >= 0.3 is 6.01 Å². The fourth-order valence-corrected chi connectivity index (χ4v) is 0.917. The second-order valence-corrected chi connectivity index (χ2v) is 4.18. The van der Waals surface area contributed by atoms with Crippen molar-refractivity contribution in [1.82, 2.24) is 15.0 Å². The van der Waals surface area contributed by atoms with Gasteiger partial charge in [0.2, 0.25) is 11.9 Å². The van der Waals surface area contributed by atoms with Gasteiger partial charge in [-0.3, -0.25) is 0 Å². The predicted molar refractivity (Wildman–Crippen MR) is 60.1 cm³/mol. The smallest absolute Gasteiger partial charge is 0.322 e. The number of rotatable bonds is 5. The zero-order valence-electron chi connectivity index (χ0n) is 9.69. The minimum atomic E-state index is -0.255. The monoisotopic (exact) mass is 227 g/mol. The van der Waals surface area contributed by atoms with Crippen LogP contribution in [-0.2, 0) is 0 Å². The first-order valence-electron chi connectivity index (χ1n) is 4.87. The molecule has 0 aliphatic heterocycles. The summed E-state index contributed by atoms with van der Waals surface area (Å²) < 4.78 is 4.86. The lowest BCUT2D eigenvalue weighted by molar-refractivity contribution is 0.170. The molecule has 0 saturated carbocycles. The summed E-state index contributed by atoms with van der Waals surface area (Å²) in [6, 6.07) is 0.164. The number of ether oxygens (including phenoxy) is 1. The van der Waals surface area contributed by atoms with Crippen LogP contribution < -0.4 is 15.8 Å². The largest absolute Gasteiger partial charge is 0.467 e. The van der Waals surface area contributed by atoms with E-state index in [1.165, 1.54) is 7.11 Å². The topological polar surface area (TPSA) is 106 Å². The van der Waals surface area contributed by atoms with E-state index in [-0.39, 0.29) is 24.0 Å². The predicted octanol–water partition coefficient (Wildman–Crippen LogP) is -0.107. The molecular weight excluding hydrogens is 210 g/mol. The molecule has 7 nitrogen and oxygen atoms in total. The van der Waals surface area contributed by atoms with Crippen LogP contribution in [0.5, 0.6) is 6.01 Å². The molecule has 1 aromatic rings. The highest BCUT2D eigenvalue weighted by molar-refractivity contribution is 5.32. The summed E-state index contributed by atoms with van der Waals surface area (Å²) in [5.41, 5.74) is 5.22. The van der Waals surface area contributed by atoms with E-state index in [0.29, 0.717) is 12.5 Å². The number of anilines is 2. The van der Waals surface area contributed by atoms with Crippen LogP contribution in [0.4, 0.5) is 11.9 Å². The molecule has 0 aliphatic rings. The van der Waals surface area contributed by atoms with Crippen molar-refractivity contribution in [2.75, 3.05) is 31.3 Å². The summed E-state index contributed by atoms with van der Waals surface area (Å²) in [6.07, 6.45) is 0. The molecule has 0 unspecified atom stereocenters. The number of aromatic nitrogens is 3. The van der Waals surface area contributed by atoms with Gasteiger partial charge in [0.15, 0.2) is 0 Å². The summed E-state index contributed by atoms with van der Waals surface area (Å²) in [6.45, 7) is 4.43. The van der Waals surface area contributed by atoms with Crippen molar-refractivity contribution in [3.05, 3.63) is 0 Å². The quantitative estimate of drug-likeness (QED) is 0.644. The number of methoxy groups -OCH3 is 1. The first-order chi connectivity index (χ1) is 7.46. The number of nitrogens with two attached hydrogens (primary N) is 1. The van der Waals surface area contributed by atoms with E-state index in [1.54, 1.807) is 0 Å². The summed E-state index contributed by atoms with van der Waals surface area (Å²) >= 11 is 0. The maximum Gasteiger partial charge on any atom is 0.322 e. The third-order valence-electron chi connectivity index (χ3n) is 1.97. The first-order valence-corrected chi connectivity index (χ1v) is 4.87. The molecule has 0 radical (unpaired) electrons. The Morgan fingerprint density at radius 1 is 1.38 bits per heavy atom. The Kier molecular flexibility index (Phi) is 3.83. The number of nitrogen functional groups attached to an aromatic ring is 1. The van der Waals surface area contributed by atoms with Crippen LogP contribution >= 0.6 is 0 Å². The Labute approximate surface area is 94.1 Å². The van der Waals surface area contributed by atoms with Crippen molar-refractivity contribution in [3.8, 4) is 6.01 Å². The highest BCUT2D eigenvalue weighted by Crippen LogP contribution is 2.15. The Morgan fingerprint density at radius 2 is 2.06 bits per heavy atom. The van der Waals surface area contributed by atoms with Gasteiger partial charge in [0, 0.05) is 18.6 Å². The molecule has 1 aromatic heterocycles. The van der Waals surface area contributed by atoms with Gasteiger partial charge in [-0.2, -0.15) is 15.0 Å². The number of aliphatic hydroxyl groups excluding tert-OH is 1. The molecule has 0 aliphatic carbocycles. The van der Waals surface area contributed by atoms with Crippen LogP contribution in [0.2, 0.25) is 0 Å². The van der Waals surface area contributed by atoms with Crippen molar-refractivity contribution in [2.45, 2.75) is 13.8 Å². The van der Waals surface area contributed by atoms with Crippen LogP contribution in [-0.4, -0.2) is 40.3 Å². The van der Waals surface area contributed by atoms with Crippen molar-refractivity contribution in [1.29, 1.82) is 0 Å². The molecule has 0 aromatic carbocycles. The van der Waals surface area contributed by atoms with Gasteiger partial charge in [-0.25, -0.2) is 0 Å². The second-order valence-electron chi connectivity index (χ2n) is 4.18. The molecule has 90 valence electrons. The van der Waals surface area contributed by atoms with Crippen LogP contribution in [0.15, 0.2) is 0 Å². The molecule has 0 bridgehead atoms. The molecule has 0 spiro atoms.